The first-order valence-electron chi connectivity index (χ1n) is 6.73. The van der Waals surface area contributed by atoms with E-state index in [0.29, 0.717) is 18.9 Å². The Bertz CT molecular complexity index is 425. The number of rotatable bonds is 5. The quantitative estimate of drug-likeness (QED) is 0.850. The lowest BCUT2D eigenvalue weighted by molar-refractivity contribution is 0.0885. The van der Waals surface area contributed by atoms with Crippen molar-refractivity contribution in [2.45, 2.75) is 32.2 Å². The number of nitrogens with zero attached hydrogens (tertiary/aromatic N) is 1. The van der Waals surface area contributed by atoms with Crippen LogP contribution in [0.1, 0.15) is 37.2 Å². The number of carbonyl (C=O) groups excluding carboxylic acids is 1. The highest BCUT2D eigenvalue weighted by Crippen LogP contribution is 2.18. The molecule has 0 saturated carbocycles. The Kier molecular flexibility index (Phi) is 4.37. The molecule has 1 atom stereocenters. The van der Waals surface area contributed by atoms with Crippen molar-refractivity contribution < 1.29 is 9.53 Å². The van der Waals surface area contributed by atoms with E-state index < -0.39 is 0 Å². The van der Waals surface area contributed by atoms with E-state index >= 15 is 0 Å². The molecule has 1 saturated heterocycles. The van der Waals surface area contributed by atoms with Gasteiger partial charge in [0.2, 0.25) is 0 Å². The molecule has 2 heterocycles. The van der Waals surface area contributed by atoms with E-state index in [4.69, 9.17) is 4.74 Å². The smallest absolute Gasteiger partial charge is 0.270 e. The summed E-state index contributed by atoms with van der Waals surface area (Å²) in [4.78, 5) is 16.3. The number of carbonyl (C=O) groups is 1. The van der Waals surface area contributed by atoms with Crippen LogP contribution in [0.4, 0.5) is 5.69 Å². The van der Waals surface area contributed by atoms with Crippen LogP contribution in [0.25, 0.3) is 0 Å². The summed E-state index contributed by atoms with van der Waals surface area (Å²) in [7, 11) is 0. The second-order valence-electron chi connectivity index (χ2n) is 5.18. The van der Waals surface area contributed by atoms with Crippen LogP contribution >= 0.6 is 0 Å². The van der Waals surface area contributed by atoms with E-state index in [-0.39, 0.29) is 11.4 Å². The zero-order valence-corrected chi connectivity index (χ0v) is 11.5. The summed E-state index contributed by atoms with van der Waals surface area (Å²) in [5, 5.41) is 6.21. The molecule has 2 rings (SSSR count). The Morgan fingerprint density at radius 1 is 1.53 bits per heavy atom. The van der Waals surface area contributed by atoms with Gasteiger partial charge in [-0.3, -0.25) is 4.79 Å². The third kappa shape index (κ3) is 3.67. The van der Waals surface area contributed by atoms with E-state index in [2.05, 4.69) is 22.5 Å². The molecule has 5 heteroatoms. The molecule has 1 amide bonds. The average Bonchev–Trinajstić information content (AvgIpc) is 2.83. The summed E-state index contributed by atoms with van der Waals surface area (Å²) in [5.74, 6) is -0.143. The van der Waals surface area contributed by atoms with Crippen LogP contribution in [-0.2, 0) is 4.74 Å². The molecule has 1 unspecified atom stereocenters. The Balaban J connectivity index is 1.95. The van der Waals surface area contributed by atoms with Crippen molar-refractivity contribution in [3.05, 3.63) is 24.0 Å². The maximum Gasteiger partial charge on any atom is 0.270 e. The van der Waals surface area contributed by atoms with Gasteiger partial charge in [0.15, 0.2) is 0 Å². The molecule has 0 aliphatic carbocycles. The van der Waals surface area contributed by atoms with Gasteiger partial charge in [0.1, 0.15) is 5.69 Å². The number of hydrogen-bond donors (Lipinski definition) is 2. The van der Waals surface area contributed by atoms with Crippen LogP contribution < -0.4 is 10.6 Å². The van der Waals surface area contributed by atoms with Crippen molar-refractivity contribution in [3.8, 4) is 0 Å². The largest absolute Gasteiger partial charge is 0.384 e. The first-order chi connectivity index (χ1) is 9.13. The molecule has 1 aliphatic heterocycles. The highest BCUT2D eigenvalue weighted by molar-refractivity contribution is 5.93. The first-order valence-corrected chi connectivity index (χ1v) is 6.73. The highest BCUT2D eigenvalue weighted by atomic mass is 16.5. The number of pyridine rings is 1. The Morgan fingerprint density at radius 2 is 2.37 bits per heavy atom. The molecule has 104 valence electrons. The molecule has 0 radical (unpaired) electrons. The van der Waals surface area contributed by atoms with Crippen LogP contribution in [0.15, 0.2) is 18.3 Å². The van der Waals surface area contributed by atoms with Gasteiger partial charge in [-0.05, 0) is 31.9 Å². The van der Waals surface area contributed by atoms with Crippen molar-refractivity contribution in [1.29, 1.82) is 0 Å². The minimum Gasteiger partial charge on any atom is -0.384 e. The van der Waals surface area contributed by atoms with Crippen molar-refractivity contribution in [3.63, 3.8) is 0 Å². The molecule has 19 heavy (non-hydrogen) atoms. The second-order valence-corrected chi connectivity index (χ2v) is 5.18. The van der Waals surface area contributed by atoms with Crippen LogP contribution in [0.2, 0.25) is 0 Å². The first kappa shape index (κ1) is 13.8. The Labute approximate surface area is 113 Å². The standard InChI is InChI=1S/C14H21N3O2/c1-3-7-15-11-4-5-12(16-9-11)13(18)17-14(2)6-8-19-10-14/h4-5,9,15H,3,6-8,10H2,1-2H3,(H,17,18). The maximum absolute atomic E-state index is 12.1. The van der Waals surface area contributed by atoms with Crippen LogP contribution in [-0.4, -0.2) is 36.2 Å². The molecule has 5 nitrogen and oxygen atoms in total. The fourth-order valence-corrected chi connectivity index (χ4v) is 2.01. The van der Waals surface area contributed by atoms with Crippen LogP contribution in [0.3, 0.4) is 0 Å². The number of aromatic nitrogens is 1. The van der Waals surface area contributed by atoms with Gasteiger partial charge < -0.3 is 15.4 Å². The number of ether oxygens (including phenoxy) is 1. The van der Waals surface area contributed by atoms with Gasteiger partial charge in [0.25, 0.3) is 5.91 Å². The van der Waals surface area contributed by atoms with E-state index in [1.165, 1.54) is 0 Å². The lowest BCUT2D eigenvalue weighted by Crippen LogP contribution is -2.46. The number of nitrogens with one attached hydrogen (secondary N) is 2. The number of amides is 1. The van der Waals surface area contributed by atoms with Crippen LogP contribution in [0, 0.1) is 0 Å². The van der Waals surface area contributed by atoms with Gasteiger partial charge in [0.05, 0.1) is 24.0 Å². The summed E-state index contributed by atoms with van der Waals surface area (Å²) in [5.41, 5.74) is 1.11. The molecule has 1 fully saturated rings. The average molecular weight is 263 g/mol. The van der Waals surface area contributed by atoms with Gasteiger partial charge in [-0.15, -0.1) is 0 Å². The summed E-state index contributed by atoms with van der Waals surface area (Å²) in [6.45, 7) is 6.27. The Morgan fingerprint density at radius 3 is 2.95 bits per heavy atom. The molecular weight excluding hydrogens is 242 g/mol. The van der Waals surface area contributed by atoms with Crippen molar-refractivity contribution >= 4 is 11.6 Å². The molecule has 2 N–H and O–H groups in total. The number of anilines is 1. The summed E-state index contributed by atoms with van der Waals surface area (Å²) in [6.07, 6.45) is 3.59. The van der Waals surface area contributed by atoms with Crippen molar-refractivity contribution in [2.75, 3.05) is 25.1 Å². The maximum atomic E-state index is 12.1. The van der Waals surface area contributed by atoms with E-state index in [1.54, 1.807) is 12.3 Å². The molecule has 0 spiro atoms. The van der Waals surface area contributed by atoms with Gasteiger partial charge in [-0.1, -0.05) is 6.92 Å². The molecule has 1 aromatic rings. The minimum absolute atomic E-state index is 0.143. The van der Waals surface area contributed by atoms with E-state index in [9.17, 15) is 4.79 Å². The SMILES string of the molecule is CCCNc1ccc(C(=O)NC2(C)CCOC2)nc1. The lowest BCUT2D eigenvalue weighted by Gasteiger charge is -2.23. The summed E-state index contributed by atoms with van der Waals surface area (Å²) in [6, 6.07) is 3.62. The molecule has 0 bridgehead atoms. The molecule has 1 aromatic heterocycles. The lowest BCUT2D eigenvalue weighted by atomic mass is 10.0. The van der Waals surface area contributed by atoms with Crippen molar-refractivity contribution in [1.82, 2.24) is 10.3 Å². The van der Waals surface area contributed by atoms with Gasteiger partial charge in [-0.25, -0.2) is 4.98 Å². The monoisotopic (exact) mass is 263 g/mol. The fourth-order valence-electron chi connectivity index (χ4n) is 2.01. The summed E-state index contributed by atoms with van der Waals surface area (Å²) >= 11 is 0. The molecule has 1 aliphatic rings. The van der Waals surface area contributed by atoms with Crippen molar-refractivity contribution in [2.24, 2.45) is 0 Å². The second kappa shape index (κ2) is 6.02. The summed E-state index contributed by atoms with van der Waals surface area (Å²) < 4.78 is 5.32. The highest BCUT2D eigenvalue weighted by Gasteiger charge is 2.31. The normalized spacial score (nSPS) is 22.2. The Hall–Kier alpha value is -1.62. The zero-order chi connectivity index (χ0) is 13.7. The molecular formula is C14H21N3O2. The van der Waals surface area contributed by atoms with E-state index in [0.717, 1.165) is 25.1 Å². The third-order valence-corrected chi connectivity index (χ3v) is 3.21. The third-order valence-electron chi connectivity index (χ3n) is 3.21. The van der Waals surface area contributed by atoms with Crippen LogP contribution in [0.5, 0.6) is 0 Å². The fraction of sp³-hybridized carbons (Fsp3) is 0.571. The van der Waals surface area contributed by atoms with Gasteiger partial charge in [-0.2, -0.15) is 0 Å². The van der Waals surface area contributed by atoms with Gasteiger partial charge in [0, 0.05) is 13.2 Å². The predicted octanol–water partition coefficient (Wildman–Crippen LogP) is 1.81. The topological polar surface area (TPSA) is 63.2 Å². The molecule has 0 aromatic carbocycles. The minimum atomic E-state index is -0.266. The predicted molar refractivity (Wildman–Crippen MR) is 74.3 cm³/mol. The van der Waals surface area contributed by atoms with Gasteiger partial charge >= 0.3 is 0 Å². The number of hydrogen-bond acceptors (Lipinski definition) is 4. The van der Waals surface area contributed by atoms with E-state index in [1.807, 2.05) is 13.0 Å². The zero-order valence-electron chi connectivity index (χ0n) is 11.5.